The third-order valence-electron chi connectivity index (χ3n) is 10.4. The van der Waals surface area contributed by atoms with E-state index in [4.69, 9.17) is 0 Å². The van der Waals surface area contributed by atoms with Gasteiger partial charge in [-0.15, -0.1) is 0 Å². The van der Waals surface area contributed by atoms with E-state index in [0.29, 0.717) is 48.2 Å². The summed E-state index contributed by atoms with van der Waals surface area (Å²) in [6, 6.07) is 0. The summed E-state index contributed by atoms with van der Waals surface area (Å²) in [5.74, 6) is 3.27. The molecule has 2 nitrogen and oxygen atoms in total. The summed E-state index contributed by atoms with van der Waals surface area (Å²) in [7, 11) is 0. The molecule has 1 spiro atoms. The third kappa shape index (κ3) is 3.10. The van der Waals surface area contributed by atoms with Gasteiger partial charge in [-0.05, 0) is 84.7 Å². The summed E-state index contributed by atoms with van der Waals surface area (Å²) in [5, 5.41) is 0. The van der Waals surface area contributed by atoms with E-state index in [1.165, 1.54) is 11.1 Å². The van der Waals surface area contributed by atoms with Crippen LogP contribution in [0, 0.1) is 45.8 Å². The lowest BCUT2D eigenvalue weighted by Crippen LogP contribution is -2.58. The summed E-state index contributed by atoms with van der Waals surface area (Å²) in [4.78, 5) is 25.9. The van der Waals surface area contributed by atoms with E-state index in [1.54, 1.807) is 0 Å². The minimum absolute atomic E-state index is 0.00321. The predicted octanol–water partition coefficient (Wildman–Crippen LogP) is 7.11. The minimum atomic E-state index is -0.359. The lowest BCUT2D eigenvalue weighted by atomic mass is 9.43. The van der Waals surface area contributed by atoms with Gasteiger partial charge in [0, 0.05) is 12.8 Å². The highest BCUT2D eigenvalue weighted by Crippen LogP contribution is 2.72. The van der Waals surface area contributed by atoms with Gasteiger partial charge < -0.3 is 0 Å². The zero-order valence-electron chi connectivity index (χ0n) is 20.8. The van der Waals surface area contributed by atoms with Crippen LogP contribution in [-0.4, -0.2) is 11.6 Å². The summed E-state index contributed by atoms with van der Waals surface area (Å²) in [5.41, 5.74) is 2.26. The van der Waals surface area contributed by atoms with E-state index in [1.807, 2.05) is 6.08 Å². The Morgan fingerprint density at radius 3 is 2.45 bits per heavy atom. The highest BCUT2D eigenvalue weighted by molar-refractivity contribution is 5.94. The molecular weight excluding hydrogens is 380 g/mol. The largest absolute Gasteiger partial charge is 0.299 e. The average molecular weight is 423 g/mol. The predicted molar refractivity (Wildman–Crippen MR) is 127 cm³/mol. The second-order valence-electron chi connectivity index (χ2n) is 12.1. The first-order valence-corrected chi connectivity index (χ1v) is 12.6. The van der Waals surface area contributed by atoms with E-state index in [9.17, 15) is 9.59 Å². The van der Waals surface area contributed by atoms with E-state index in [2.05, 4.69) is 66.7 Å². The van der Waals surface area contributed by atoms with Crippen molar-refractivity contribution in [2.75, 3.05) is 0 Å². The Bertz CT molecular complexity index is 873. The van der Waals surface area contributed by atoms with Crippen molar-refractivity contribution in [2.24, 2.45) is 45.8 Å². The van der Waals surface area contributed by atoms with Crippen molar-refractivity contribution in [3.63, 3.8) is 0 Å². The molecule has 2 fully saturated rings. The number of fused-ring (bicyclic) bond motifs is 2. The molecule has 4 aliphatic carbocycles. The van der Waals surface area contributed by atoms with Crippen LogP contribution in [-0.2, 0) is 9.59 Å². The number of hydrogen-bond donors (Lipinski definition) is 0. The Kier molecular flexibility index (Phi) is 5.55. The van der Waals surface area contributed by atoms with Gasteiger partial charge in [-0.2, -0.15) is 0 Å². The number of carbonyl (C=O) groups excluding carboxylic acids is 2. The fourth-order valence-corrected chi connectivity index (χ4v) is 8.14. The van der Waals surface area contributed by atoms with Crippen molar-refractivity contribution in [3.05, 3.63) is 35.5 Å². The van der Waals surface area contributed by atoms with Crippen molar-refractivity contribution < 1.29 is 9.59 Å². The van der Waals surface area contributed by atoms with Gasteiger partial charge in [0.15, 0.2) is 5.78 Å². The van der Waals surface area contributed by atoms with E-state index < -0.39 is 0 Å². The highest BCUT2D eigenvalue weighted by Gasteiger charge is 2.69. The molecule has 2 saturated carbocycles. The van der Waals surface area contributed by atoms with Crippen LogP contribution >= 0.6 is 0 Å². The molecule has 0 radical (unpaired) electrons. The molecule has 0 aromatic heterocycles. The van der Waals surface area contributed by atoms with E-state index in [0.717, 1.165) is 25.7 Å². The van der Waals surface area contributed by atoms with Crippen molar-refractivity contribution in [3.8, 4) is 0 Å². The zero-order valence-corrected chi connectivity index (χ0v) is 20.8. The van der Waals surface area contributed by atoms with Crippen LogP contribution in [0.4, 0.5) is 0 Å². The van der Waals surface area contributed by atoms with Gasteiger partial charge in [0.2, 0.25) is 0 Å². The van der Waals surface area contributed by atoms with Crippen molar-refractivity contribution in [2.45, 2.75) is 87.0 Å². The number of carbonyl (C=O) groups is 2. The van der Waals surface area contributed by atoms with Crippen LogP contribution in [0.15, 0.2) is 35.5 Å². The molecule has 0 N–H and O–H groups in total. The van der Waals surface area contributed by atoms with Crippen LogP contribution in [0.25, 0.3) is 0 Å². The molecule has 0 saturated heterocycles. The second-order valence-corrected chi connectivity index (χ2v) is 12.1. The standard InChI is InChI=1S/C29H42O2/c1-18(2)21(5)19(3)16-20(4)24-8-9-26(31)29-15-10-22-17-23(30)11-13-27(22,6)25(29)12-14-28(24,29)7/h10,15-18,20-21,24-25H,8-9,11-14H2,1-7H3/b19-16+/t20-,21-,24-,25-,27+,28-,29+/m1/s1. The number of Topliss-reactive ketones (excluding diaryl/α,β-unsaturated/α-hetero) is 1. The lowest BCUT2D eigenvalue weighted by Gasteiger charge is -2.58. The second kappa shape index (κ2) is 7.56. The number of hydrogen-bond acceptors (Lipinski definition) is 2. The number of ketones is 2. The fraction of sp³-hybridized carbons (Fsp3) is 0.724. The first-order chi connectivity index (χ1) is 14.5. The first kappa shape index (κ1) is 22.7. The summed E-state index contributed by atoms with van der Waals surface area (Å²) in [6.07, 6.45) is 14.3. The summed E-state index contributed by atoms with van der Waals surface area (Å²) < 4.78 is 0. The van der Waals surface area contributed by atoms with E-state index in [-0.39, 0.29) is 22.0 Å². The van der Waals surface area contributed by atoms with Crippen LogP contribution < -0.4 is 0 Å². The normalized spacial score (nSPS) is 42.1. The van der Waals surface area contributed by atoms with Gasteiger partial charge in [-0.1, -0.05) is 65.3 Å². The molecule has 0 aromatic carbocycles. The van der Waals surface area contributed by atoms with Crippen molar-refractivity contribution >= 4 is 11.6 Å². The maximum atomic E-state index is 13.8. The Morgan fingerprint density at radius 2 is 1.77 bits per heavy atom. The SMILES string of the molecule is C/C(=C\[C@@H](C)[C@H]1CCC(=O)[C@]23C=CC4=CC(=O)CC[C@]4(C)[C@H]2CC[C@]13C)[C@H](C)C(C)C. The van der Waals surface area contributed by atoms with Crippen LogP contribution in [0.1, 0.15) is 87.0 Å². The van der Waals surface area contributed by atoms with Crippen molar-refractivity contribution in [1.82, 2.24) is 0 Å². The first-order valence-electron chi connectivity index (χ1n) is 12.6. The maximum absolute atomic E-state index is 13.8. The molecule has 0 unspecified atom stereocenters. The lowest BCUT2D eigenvalue weighted by molar-refractivity contribution is -0.147. The monoisotopic (exact) mass is 422 g/mol. The Balaban J connectivity index is 1.76. The fourth-order valence-electron chi connectivity index (χ4n) is 8.14. The molecule has 170 valence electrons. The van der Waals surface area contributed by atoms with E-state index >= 15 is 0 Å². The molecule has 0 heterocycles. The molecule has 0 amide bonds. The highest BCUT2D eigenvalue weighted by atomic mass is 16.1. The minimum Gasteiger partial charge on any atom is -0.299 e. The Labute approximate surface area is 189 Å². The van der Waals surface area contributed by atoms with Gasteiger partial charge in [-0.3, -0.25) is 9.59 Å². The number of rotatable bonds is 4. The average Bonchev–Trinajstić information content (AvgIpc) is 3.04. The van der Waals surface area contributed by atoms with Gasteiger partial charge in [-0.25, -0.2) is 0 Å². The number of allylic oxidation sites excluding steroid dienone is 6. The molecule has 4 rings (SSSR count). The van der Waals surface area contributed by atoms with Gasteiger partial charge >= 0.3 is 0 Å². The van der Waals surface area contributed by atoms with Crippen LogP contribution in [0.5, 0.6) is 0 Å². The molecule has 4 aliphatic rings. The topological polar surface area (TPSA) is 34.1 Å². The smallest absolute Gasteiger partial charge is 0.156 e. The Morgan fingerprint density at radius 1 is 1.06 bits per heavy atom. The molecule has 7 atom stereocenters. The van der Waals surface area contributed by atoms with Gasteiger partial charge in [0.25, 0.3) is 0 Å². The summed E-state index contributed by atoms with van der Waals surface area (Å²) in [6.45, 7) is 16.4. The van der Waals surface area contributed by atoms with Gasteiger partial charge in [0.1, 0.15) is 5.78 Å². The molecule has 2 heteroatoms. The van der Waals surface area contributed by atoms with Gasteiger partial charge in [0.05, 0.1) is 5.41 Å². The maximum Gasteiger partial charge on any atom is 0.156 e. The quantitative estimate of drug-likeness (QED) is 0.452. The van der Waals surface area contributed by atoms with Crippen LogP contribution in [0.2, 0.25) is 0 Å². The Hall–Kier alpha value is -1.44. The van der Waals surface area contributed by atoms with Crippen LogP contribution in [0.3, 0.4) is 0 Å². The van der Waals surface area contributed by atoms with Crippen molar-refractivity contribution in [1.29, 1.82) is 0 Å². The third-order valence-corrected chi connectivity index (χ3v) is 10.4. The molecule has 0 bridgehead atoms. The molecule has 0 aliphatic heterocycles. The molecule has 0 aromatic rings. The molecular formula is C29H42O2. The summed E-state index contributed by atoms with van der Waals surface area (Å²) >= 11 is 0. The zero-order chi connectivity index (χ0) is 22.8. The molecule has 31 heavy (non-hydrogen) atoms.